The monoisotopic (exact) mass is 450 g/mol. The van der Waals surface area contributed by atoms with Crippen molar-refractivity contribution in [2.45, 2.75) is 6.92 Å². The number of rotatable bonds is 3. The third-order valence-electron chi connectivity index (χ3n) is 4.32. The molecule has 0 bridgehead atoms. The second kappa shape index (κ2) is 7.90. The van der Waals surface area contributed by atoms with E-state index >= 15 is 0 Å². The predicted octanol–water partition coefficient (Wildman–Crippen LogP) is 2.43. The van der Waals surface area contributed by atoms with E-state index in [1.807, 2.05) is 12.1 Å². The number of aliphatic imine (C=N–C) groups is 1. The van der Waals surface area contributed by atoms with Crippen molar-refractivity contribution in [2.24, 2.45) is 16.1 Å². The van der Waals surface area contributed by atoms with Gasteiger partial charge in [-0.3, -0.25) is 4.99 Å². The molecule has 23 heavy (non-hydrogen) atoms. The molecule has 0 radical (unpaired) electrons. The van der Waals surface area contributed by atoms with Crippen LogP contribution < -0.4 is 10.6 Å². The normalized spacial score (nSPS) is 20.7. The molecule has 0 unspecified atom stereocenters. The zero-order valence-electron chi connectivity index (χ0n) is 13.4. The smallest absolute Gasteiger partial charge is 0.191 e. The van der Waals surface area contributed by atoms with E-state index < -0.39 is 0 Å². The number of anilines is 1. The van der Waals surface area contributed by atoms with Crippen LogP contribution in [0.5, 0.6) is 0 Å². The molecular weight excluding hydrogens is 427 g/mol. The molecule has 1 aromatic carbocycles. The van der Waals surface area contributed by atoms with Crippen molar-refractivity contribution in [1.82, 2.24) is 4.90 Å². The van der Waals surface area contributed by atoms with Crippen LogP contribution in [0, 0.1) is 5.41 Å². The second-order valence-corrected chi connectivity index (χ2v) is 6.86. The molecular formula is C16H24ClIN4O. The van der Waals surface area contributed by atoms with Crippen LogP contribution in [0.3, 0.4) is 0 Å². The number of ether oxygens (including phenoxy) is 1. The Morgan fingerprint density at radius 3 is 2.35 bits per heavy atom. The van der Waals surface area contributed by atoms with Crippen molar-refractivity contribution < 1.29 is 4.74 Å². The van der Waals surface area contributed by atoms with Crippen LogP contribution in [0.2, 0.25) is 5.02 Å². The van der Waals surface area contributed by atoms with Crippen LogP contribution in [-0.2, 0) is 4.74 Å². The maximum absolute atomic E-state index is 6.14. The first-order chi connectivity index (χ1) is 10.6. The molecule has 2 heterocycles. The van der Waals surface area contributed by atoms with E-state index in [9.17, 15) is 0 Å². The lowest BCUT2D eigenvalue weighted by atomic mass is 9.89. The van der Waals surface area contributed by atoms with E-state index in [0.717, 1.165) is 51.0 Å². The summed E-state index contributed by atoms with van der Waals surface area (Å²) in [5, 5.41) is 0.771. The number of benzene rings is 1. The molecule has 0 aromatic heterocycles. The van der Waals surface area contributed by atoms with E-state index in [2.05, 4.69) is 33.8 Å². The molecule has 2 aliphatic heterocycles. The molecule has 2 aliphatic rings. The number of nitrogens with two attached hydrogens (primary N) is 1. The second-order valence-electron chi connectivity index (χ2n) is 6.43. The molecule has 0 atom stereocenters. The molecule has 0 aliphatic carbocycles. The van der Waals surface area contributed by atoms with Crippen LogP contribution in [-0.4, -0.2) is 56.8 Å². The molecule has 0 amide bonds. The van der Waals surface area contributed by atoms with Gasteiger partial charge in [-0.05, 0) is 24.3 Å². The minimum Gasteiger partial charge on any atom is -0.380 e. The Hall–Kier alpha value is -0.730. The third-order valence-corrected chi connectivity index (χ3v) is 4.57. The minimum absolute atomic E-state index is 0. The molecule has 2 N–H and O–H groups in total. The number of hydrogen-bond acceptors (Lipinski definition) is 3. The minimum atomic E-state index is 0. The Morgan fingerprint density at radius 2 is 1.83 bits per heavy atom. The summed E-state index contributed by atoms with van der Waals surface area (Å²) >= 11 is 5.94. The molecule has 0 spiro atoms. The lowest BCUT2D eigenvalue weighted by Crippen LogP contribution is -2.52. The fourth-order valence-electron chi connectivity index (χ4n) is 2.76. The number of piperazine rings is 1. The Balaban J connectivity index is 0.00000192. The fourth-order valence-corrected chi connectivity index (χ4v) is 2.89. The molecule has 2 fully saturated rings. The Kier molecular flexibility index (Phi) is 6.39. The number of guanidine groups is 1. The quantitative estimate of drug-likeness (QED) is 0.437. The first-order valence-electron chi connectivity index (χ1n) is 7.69. The predicted molar refractivity (Wildman–Crippen MR) is 106 cm³/mol. The van der Waals surface area contributed by atoms with Gasteiger partial charge in [0.2, 0.25) is 0 Å². The van der Waals surface area contributed by atoms with Gasteiger partial charge in [0, 0.05) is 42.3 Å². The highest BCUT2D eigenvalue weighted by atomic mass is 127. The van der Waals surface area contributed by atoms with E-state index in [1.165, 1.54) is 5.69 Å². The van der Waals surface area contributed by atoms with Gasteiger partial charge in [-0.15, -0.1) is 24.0 Å². The fraction of sp³-hybridized carbons (Fsp3) is 0.562. The molecule has 5 nitrogen and oxygen atoms in total. The van der Waals surface area contributed by atoms with Crippen molar-refractivity contribution in [3.8, 4) is 0 Å². The highest BCUT2D eigenvalue weighted by Crippen LogP contribution is 2.26. The van der Waals surface area contributed by atoms with Crippen LogP contribution in [0.1, 0.15) is 6.92 Å². The summed E-state index contributed by atoms with van der Waals surface area (Å²) in [7, 11) is 0. The average Bonchev–Trinajstić information content (AvgIpc) is 2.52. The van der Waals surface area contributed by atoms with Crippen LogP contribution in [0.25, 0.3) is 0 Å². The Morgan fingerprint density at radius 1 is 1.22 bits per heavy atom. The summed E-state index contributed by atoms with van der Waals surface area (Å²) in [6.07, 6.45) is 0. The van der Waals surface area contributed by atoms with Gasteiger partial charge in [0.05, 0.1) is 19.8 Å². The van der Waals surface area contributed by atoms with Crippen LogP contribution in [0.4, 0.5) is 5.69 Å². The van der Waals surface area contributed by atoms with Crippen molar-refractivity contribution in [3.05, 3.63) is 29.3 Å². The third kappa shape index (κ3) is 4.64. The van der Waals surface area contributed by atoms with Gasteiger partial charge in [-0.2, -0.15) is 0 Å². The lowest BCUT2D eigenvalue weighted by Gasteiger charge is -2.38. The van der Waals surface area contributed by atoms with Crippen molar-refractivity contribution >= 4 is 47.2 Å². The van der Waals surface area contributed by atoms with Crippen molar-refractivity contribution in [3.63, 3.8) is 0 Å². The van der Waals surface area contributed by atoms with Gasteiger partial charge in [0.15, 0.2) is 5.96 Å². The standard InChI is InChI=1S/C16H23ClN4O.HI/c1-16(11-22-12-16)10-19-15(18)21-8-6-20(7-9-21)14-4-2-13(17)3-5-14;/h2-5H,6-12H2,1H3,(H2,18,19);1H. The molecule has 128 valence electrons. The zero-order chi connectivity index (χ0) is 15.6. The van der Waals surface area contributed by atoms with E-state index in [-0.39, 0.29) is 29.4 Å². The summed E-state index contributed by atoms with van der Waals surface area (Å²) in [5.41, 5.74) is 7.52. The van der Waals surface area contributed by atoms with E-state index in [1.54, 1.807) is 0 Å². The van der Waals surface area contributed by atoms with E-state index in [0.29, 0.717) is 5.96 Å². The summed E-state index contributed by atoms with van der Waals surface area (Å²) in [5.74, 6) is 0.656. The van der Waals surface area contributed by atoms with E-state index in [4.69, 9.17) is 22.1 Å². The largest absolute Gasteiger partial charge is 0.380 e. The Bertz CT molecular complexity index is 540. The molecule has 3 rings (SSSR count). The van der Waals surface area contributed by atoms with Gasteiger partial charge in [0.1, 0.15) is 0 Å². The number of nitrogens with zero attached hydrogens (tertiary/aromatic N) is 3. The van der Waals surface area contributed by atoms with Crippen molar-refractivity contribution in [2.75, 3.05) is 50.8 Å². The molecule has 1 aromatic rings. The first kappa shape index (κ1) is 18.6. The molecule has 7 heteroatoms. The van der Waals surface area contributed by atoms with Gasteiger partial charge in [0.25, 0.3) is 0 Å². The number of halogens is 2. The summed E-state index contributed by atoms with van der Waals surface area (Å²) in [6.45, 7) is 8.18. The van der Waals surface area contributed by atoms with Crippen LogP contribution in [0.15, 0.2) is 29.3 Å². The summed E-state index contributed by atoms with van der Waals surface area (Å²) in [4.78, 5) is 9.07. The highest BCUT2D eigenvalue weighted by molar-refractivity contribution is 14.0. The zero-order valence-corrected chi connectivity index (χ0v) is 16.5. The molecule has 2 saturated heterocycles. The first-order valence-corrected chi connectivity index (χ1v) is 8.07. The average molecular weight is 451 g/mol. The van der Waals surface area contributed by atoms with Gasteiger partial charge in [-0.25, -0.2) is 0 Å². The van der Waals surface area contributed by atoms with Crippen LogP contribution >= 0.6 is 35.6 Å². The van der Waals surface area contributed by atoms with Gasteiger partial charge in [-0.1, -0.05) is 18.5 Å². The molecule has 0 saturated carbocycles. The topological polar surface area (TPSA) is 54.1 Å². The summed E-state index contributed by atoms with van der Waals surface area (Å²) < 4.78 is 5.25. The Labute approximate surface area is 159 Å². The van der Waals surface area contributed by atoms with Crippen molar-refractivity contribution in [1.29, 1.82) is 0 Å². The van der Waals surface area contributed by atoms with Gasteiger partial charge >= 0.3 is 0 Å². The maximum Gasteiger partial charge on any atom is 0.191 e. The summed E-state index contributed by atoms with van der Waals surface area (Å²) in [6, 6.07) is 7.99. The maximum atomic E-state index is 6.14. The van der Waals surface area contributed by atoms with Gasteiger partial charge < -0.3 is 20.3 Å². The lowest BCUT2D eigenvalue weighted by molar-refractivity contribution is -0.0945. The number of hydrogen-bond donors (Lipinski definition) is 1. The highest BCUT2D eigenvalue weighted by Gasteiger charge is 2.33. The SMILES string of the molecule is CC1(CN=C(N)N2CCN(c3ccc(Cl)cc3)CC2)COC1.I.